The molecule has 0 unspecified atom stereocenters. The van der Waals surface area contributed by atoms with E-state index in [4.69, 9.17) is 35.0 Å². The van der Waals surface area contributed by atoms with Crippen molar-refractivity contribution in [3.05, 3.63) is 34.9 Å². The van der Waals surface area contributed by atoms with E-state index >= 15 is 0 Å². The Bertz CT molecular complexity index is 916. The van der Waals surface area contributed by atoms with Crippen LogP contribution in [0.5, 0.6) is 0 Å². The Labute approximate surface area is 167 Å². The van der Waals surface area contributed by atoms with E-state index in [0.29, 0.717) is 0 Å². The molecule has 0 radical (unpaired) electrons. The second kappa shape index (κ2) is 9.00. The van der Waals surface area contributed by atoms with E-state index in [9.17, 15) is 19.2 Å². The van der Waals surface area contributed by atoms with E-state index in [1.165, 1.54) is 12.3 Å². The smallest absolute Gasteiger partial charge is 0.351 e. The summed E-state index contributed by atoms with van der Waals surface area (Å²) >= 11 is 0. The van der Waals surface area contributed by atoms with Crippen LogP contribution in [-0.4, -0.2) is 75.3 Å². The molecule has 30 heavy (non-hydrogen) atoms. The summed E-state index contributed by atoms with van der Waals surface area (Å²) in [6.45, 7) is -1.13. The second-order valence-corrected chi connectivity index (χ2v) is 6.23. The highest BCUT2D eigenvalue weighted by molar-refractivity contribution is 5.92. The summed E-state index contributed by atoms with van der Waals surface area (Å²) in [6, 6.07) is -0.0479. The quantitative estimate of drug-likeness (QED) is 0.206. The summed E-state index contributed by atoms with van der Waals surface area (Å²) in [5.41, 5.74) is 6.21. The van der Waals surface area contributed by atoms with E-state index in [2.05, 4.69) is 4.98 Å². The molecule has 1 aromatic rings. The Kier molecular flexibility index (Phi) is 6.41. The molecular formula is C16H18N4O10. The summed E-state index contributed by atoms with van der Waals surface area (Å²) in [5, 5.41) is 17.8. The minimum Gasteiger partial charge on any atom is -0.462 e. The number of fused-ring (bicyclic) bond motifs is 1. The molecule has 2 aliphatic rings. The van der Waals surface area contributed by atoms with Gasteiger partial charge < -0.3 is 29.8 Å². The lowest BCUT2D eigenvalue weighted by Crippen LogP contribution is -2.43. The Morgan fingerprint density at radius 3 is 2.53 bits per heavy atom. The van der Waals surface area contributed by atoms with Crippen LogP contribution in [0.2, 0.25) is 0 Å². The fourth-order valence-electron chi connectivity index (χ4n) is 2.83. The minimum atomic E-state index is -1.29. The molecule has 5 atom stereocenters. The minimum absolute atomic E-state index is 0.140. The summed E-state index contributed by atoms with van der Waals surface area (Å²) in [7, 11) is 0. The molecule has 0 amide bonds. The van der Waals surface area contributed by atoms with Crippen LogP contribution in [0.25, 0.3) is 0 Å². The van der Waals surface area contributed by atoms with Crippen LogP contribution in [0.3, 0.4) is 0 Å². The number of esters is 3. The van der Waals surface area contributed by atoms with Crippen molar-refractivity contribution in [2.75, 3.05) is 18.7 Å². The van der Waals surface area contributed by atoms with Gasteiger partial charge in [0.15, 0.2) is 24.3 Å². The number of hydrogen-bond donors (Lipinski definition) is 4. The van der Waals surface area contributed by atoms with Gasteiger partial charge in [-0.15, -0.1) is 0 Å². The Balaban J connectivity index is 1.90. The third-order valence-electron chi connectivity index (χ3n) is 4.25. The lowest BCUT2D eigenvalue weighted by Gasteiger charge is -2.25. The second-order valence-electron chi connectivity index (χ2n) is 6.23. The first kappa shape index (κ1) is 21.4. The summed E-state index contributed by atoms with van der Waals surface area (Å²) in [4.78, 5) is 51.4. The van der Waals surface area contributed by atoms with E-state index < -0.39 is 67.4 Å². The lowest BCUT2D eigenvalue weighted by molar-refractivity contribution is -0.165. The number of hydrogen-bond acceptors (Lipinski definition) is 13. The molecule has 3 heterocycles. The fraction of sp³-hybridized carbons (Fsp3) is 0.438. The van der Waals surface area contributed by atoms with Crippen LogP contribution in [0.4, 0.5) is 5.82 Å². The van der Waals surface area contributed by atoms with Gasteiger partial charge in [-0.05, 0) is 6.07 Å². The predicted molar refractivity (Wildman–Crippen MR) is 92.7 cm³/mol. The number of nitrogens with two attached hydrogens (primary N) is 1. The fourth-order valence-corrected chi connectivity index (χ4v) is 2.83. The monoisotopic (exact) mass is 426 g/mol. The topological polar surface area (TPSA) is 202 Å². The molecule has 1 aromatic heterocycles. The molecule has 0 aromatic carbocycles. The van der Waals surface area contributed by atoms with Crippen molar-refractivity contribution in [2.45, 2.75) is 30.6 Å². The highest BCUT2D eigenvalue weighted by atomic mass is 16.7. The first-order chi connectivity index (χ1) is 14.3. The highest BCUT2D eigenvalue weighted by Crippen LogP contribution is 2.34. The van der Waals surface area contributed by atoms with Crippen molar-refractivity contribution in [2.24, 2.45) is 5.73 Å². The van der Waals surface area contributed by atoms with Crippen molar-refractivity contribution in [3.63, 3.8) is 0 Å². The number of aliphatic hydroxyl groups excluding tert-OH is 1. The van der Waals surface area contributed by atoms with E-state index in [0.717, 1.165) is 16.7 Å². The van der Waals surface area contributed by atoms with Crippen LogP contribution in [0, 0.1) is 0 Å². The molecule has 0 spiro atoms. The zero-order chi connectivity index (χ0) is 21.8. The third kappa shape index (κ3) is 4.46. The average Bonchev–Trinajstić information content (AvgIpc) is 3.04. The molecule has 0 bridgehead atoms. The van der Waals surface area contributed by atoms with Crippen LogP contribution in [0.15, 0.2) is 29.2 Å². The maximum Gasteiger partial charge on any atom is 0.351 e. The molecule has 3 rings (SSSR count). The van der Waals surface area contributed by atoms with Gasteiger partial charge in [-0.1, -0.05) is 0 Å². The molecule has 0 aliphatic carbocycles. The number of nitrogens with zero attached hydrogens (tertiary/aromatic N) is 2. The van der Waals surface area contributed by atoms with E-state index in [1.807, 2.05) is 0 Å². The Morgan fingerprint density at radius 2 is 1.93 bits per heavy atom. The van der Waals surface area contributed by atoms with Gasteiger partial charge in [0.25, 0.3) is 0 Å². The maximum atomic E-state index is 12.3. The van der Waals surface area contributed by atoms with Gasteiger partial charge in [0.1, 0.15) is 18.8 Å². The number of nitrogens with one attached hydrogen (secondary N) is 1. The normalized spacial score (nSPS) is 27.7. The van der Waals surface area contributed by atoms with Crippen LogP contribution in [-0.2, 0) is 33.3 Å². The lowest BCUT2D eigenvalue weighted by atomic mass is 10.1. The molecule has 162 valence electrons. The van der Waals surface area contributed by atoms with Gasteiger partial charge in [-0.3, -0.25) is 20.0 Å². The number of carbonyl (C=O) groups is 3. The van der Waals surface area contributed by atoms with E-state index in [-0.39, 0.29) is 5.82 Å². The number of aromatic nitrogens is 2. The standard InChI is InChI=1S/C16H18N4O10/c17-7(5-21)15(24)27-6-8-12-13(30-11(23)2-1-10(22)29-12)14(28-8)20-4-3-9(19-26)18-16(20)25/h1-4,7-8,12-14,21,26H,5-6,17H2,(H,18,19,25)/b2-1-/t7-,8-,12-,13-,14-/m1/s1. The Morgan fingerprint density at radius 1 is 1.27 bits per heavy atom. The summed E-state index contributed by atoms with van der Waals surface area (Å²) < 4.78 is 22.1. The van der Waals surface area contributed by atoms with Gasteiger partial charge in [-0.25, -0.2) is 14.4 Å². The number of ether oxygens (including phenoxy) is 4. The molecule has 2 aliphatic heterocycles. The zero-order valence-electron chi connectivity index (χ0n) is 15.2. The zero-order valence-corrected chi connectivity index (χ0v) is 15.2. The first-order valence-corrected chi connectivity index (χ1v) is 8.61. The summed E-state index contributed by atoms with van der Waals surface area (Å²) in [6.07, 6.45) is -2.04. The van der Waals surface area contributed by atoms with Crippen LogP contribution < -0.4 is 16.9 Å². The highest BCUT2D eigenvalue weighted by Gasteiger charge is 2.51. The van der Waals surface area contributed by atoms with Gasteiger partial charge in [0, 0.05) is 18.3 Å². The SMILES string of the molecule is N[C@H](CO)C(=O)OC[C@H]1O[C@@H](n2ccc(NO)nc2=O)[C@@H]2OC(=O)/C=C\C(=O)O[C@@H]21. The molecular weight excluding hydrogens is 408 g/mol. The van der Waals surface area contributed by atoms with E-state index in [1.54, 1.807) is 5.48 Å². The first-order valence-electron chi connectivity index (χ1n) is 8.61. The van der Waals surface area contributed by atoms with Crippen molar-refractivity contribution in [1.29, 1.82) is 0 Å². The molecule has 14 heteroatoms. The Hall–Kier alpha value is -3.33. The number of rotatable bonds is 6. The number of aliphatic hydroxyl groups is 1. The number of carbonyl (C=O) groups excluding carboxylic acids is 3. The van der Waals surface area contributed by atoms with Crippen LogP contribution in [0.1, 0.15) is 6.23 Å². The predicted octanol–water partition coefficient (Wildman–Crippen LogP) is -2.80. The van der Waals surface area contributed by atoms with Gasteiger partial charge >= 0.3 is 23.6 Å². The average molecular weight is 426 g/mol. The van der Waals surface area contributed by atoms with Gasteiger partial charge in [-0.2, -0.15) is 4.98 Å². The largest absolute Gasteiger partial charge is 0.462 e. The van der Waals surface area contributed by atoms with Crippen LogP contribution >= 0.6 is 0 Å². The molecule has 0 saturated carbocycles. The van der Waals surface area contributed by atoms with Crippen molar-refractivity contribution >= 4 is 23.7 Å². The molecule has 14 nitrogen and oxygen atoms in total. The van der Waals surface area contributed by atoms with Gasteiger partial charge in [0.2, 0.25) is 0 Å². The van der Waals surface area contributed by atoms with Crippen molar-refractivity contribution in [3.8, 4) is 0 Å². The molecule has 1 fully saturated rings. The van der Waals surface area contributed by atoms with Crippen molar-refractivity contribution in [1.82, 2.24) is 9.55 Å². The van der Waals surface area contributed by atoms with Gasteiger partial charge in [0.05, 0.1) is 6.61 Å². The molecule has 1 saturated heterocycles. The summed E-state index contributed by atoms with van der Waals surface area (Å²) in [5.74, 6) is -2.84. The molecule has 5 N–H and O–H groups in total. The maximum absolute atomic E-state index is 12.3. The van der Waals surface area contributed by atoms with Crippen molar-refractivity contribution < 1.29 is 43.6 Å². The third-order valence-corrected chi connectivity index (χ3v) is 4.25. The number of anilines is 1.